The van der Waals surface area contributed by atoms with Crippen molar-refractivity contribution >= 4 is 29.6 Å². The fourth-order valence-electron chi connectivity index (χ4n) is 3.86. The molecule has 4 unspecified atom stereocenters. The van der Waals surface area contributed by atoms with E-state index in [1.165, 1.54) is 26.0 Å². The third kappa shape index (κ3) is 6.78. The van der Waals surface area contributed by atoms with Crippen LogP contribution in [0.4, 0.5) is 0 Å². The molecule has 0 fully saturated rings. The Morgan fingerprint density at radius 1 is 0.769 bits per heavy atom. The van der Waals surface area contributed by atoms with Crippen molar-refractivity contribution in [3.63, 3.8) is 0 Å². The van der Waals surface area contributed by atoms with E-state index in [-0.39, 0.29) is 55.2 Å². The Labute approximate surface area is 260 Å². The van der Waals surface area contributed by atoms with Crippen LogP contribution >= 0.6 is 0 Å². The number of carbonyl (C=O) groups excluding carboxylic acids is 5. The Hall–Kier alpha value is -3.00. The zero-order valence-corrected chi connectivity index (χ0v) is 26.4. The minimum atomic E-state index is -1.56. The molecular weight excluding hydrogens is 725 g/mol. The molecule has 2 aromatic rings. The van der Waals surface area contributed by atoms with Crippen LogP contribution < -0.4 is 0 Å². The summed E-state index contributed by atoms with van der Waals surface area (Å²) in [5, 5.41) is 34.7. The van der Waals surface area contributed by atoms with Gasteiger partial charge in [-0.25, -0.2) is 4.79 Å². The van der Waals surface area contributed by atoms with Crippen molar-refractivity contribution in [2.75, 3.05) is 14.2 Å². The maximum Gasteiger partial charge on any atom is 0.336 e. The molecule has 0 spiro atoms. The first-order valence-corrected chi connectivity index (χ1v) is 11.3. The molecule has 2 aliphatic heterocycles. The molecule has 203 valence electrons. The Morgan fingerprint density at radius 3 is 1.36 bits per heavy atom. The Morgan fingerprint density at radius 2 is 1.08 bits per heavy atom. The molecule has 12 nitrogen and oxygen atoms in total. The number of esters is 1. The van der Waals surface area contributed by atoms with E-state index in [9.17, 15) is 34.2 Å². The average molecular weight is 753 g/mol. The van der Waals surface area contributed by atoms with Crippen LogP contribution in [0.2, 0.25) is 0 Å². The smallest absolute Gasteiger partial charge is 0.336 e. The fourth-order valence-corrected chi connectivity index (χ4v) is 3.86. The van der Waals surface area contributed by atoms with E-state index < -0.39 is 53.9 Å². The second-order valence-electron chi connectivity index (χ2n) is 8.07. The monoisotopic (exact) mass is 752 g/mol. The molecular formula is C26H27AcN3O9. The molecule has 0 bridgehead atoms. The van der Waals surface area contributed by atoms with Crippen molar-refractivity contribution < 1.29 is 88.1 Å². The third-order valence-corrected chi connectivity index (χ3v) is 5.95. The number of nitrogens with zero attached hydrogens (tertiary/aromatic N) is 3. The van der Waals surface area contributed by atoms with Gasteiger partial charge in [0.15, 0.2) is 12.2 Å². The summed E-state index contributed by atoms with van der Waals surface area (Å²) in [6, 6.07) is 12.6. The second-order valence-corrected chi connectivity index (χ2v) is 8.07. The van der Waals surface area contributed by atoms with Crippen molar-refractivity contribution in [2.24, 2.45) is 0 Å². The van der Waals surface area contributed by atoms with Gasteiger partial charge in [-0.15, -0.1) is 0 Å². The number of benzene rings is 2. The normalized spacial score (nSPS) is 16.2. The van der Waals surface area contributed by atoms with Crippen molar-refractivity contribution in [1.82, 2.24) is 9.80 Å². The third-order valence-electron chi connectivity index (χ3n) is 5.95. The summed E-state index contributed by atoms with van der Waals surface area (Å²) >= 11 is 0. The molecule has 13 heteroatoms. The summed E-state index contributed by atoms with van der Waals surface area (Å²) in [7, 11) is 2.13. The number of nitriles is 1. The van der Waals surface area contributed by atoms with Gasteiger partial charge in [0.1, 0.15) is 0 Å². The fraction of sp³-hybridized carbons (Fsp3) is 0.308. The van der Waals surface area contributed by atoms with Crippen molar-refractivity contribution in [3.8, 4) is 6.07 Å². The van der Waals surface area contributed by atoms with Crippen molar-refractivity contribution in [1.29, 1.82) is 5.26 Å². The van der Waals surface area contributed by atoms with E-state index >= 15 is 0 Å². The molecule has 2 aromatic carbocycles. The molecule has 4 rings (SSSR count). The van der Waals surface area contributed by atoms with Gasteiger partial charge in [-0.2, -0.15) is 5.26 Å². The van der Waals surface area contributed by atoms with Crippen LogP contribution in [0, 0.1) is 55.4 Å². The number of methoxy groups -OCH3 is 1. The summed E-state index contributed by atoms with van der Waals surface area (Å²) in [6.07, 6.45) is -2.94. The van der Waals surface area contributed by atoms with Crippen LogP contribution in [0.15, 0.2) is 48.5 Å². The van der Waals surface area contributed by atoms with E-state index in [0.29, 0.717) is 11.1 Å². The quantitative estimate of drug-likeness (QED) is 0.219. The van der Waals surface area contributed by atoms with E-state index in [1.54, 1.807) is 42.5 Å². The van der Waals surface area contributed by atoms with E-state index in [2.05, 4.69) is 4.74 Å². The van der Waals surface area contributed by atoms with Crippen LogP contribution in [0.5, 0.6) is 0 Å². The zero-order valence-electron chi connectivity index (χ0n) is 21.6. The van der Waals surface area contributed by atoms with Gasteiger partial charge in [-0.3, -0.25) is 29.0 Å². The molecule has 0 saturated carbocycles. The predicted molar refractivity (Wildman–Crippen MR) is 131 cm³/mol. The van der Waals surface area contributed by atoms with Gasteiger partial charge in [-0.05, 0) is 38.1 Å². The molecule has 2 aliphatic rings. The first kappa shape index (κ1) is 34.0. The number of hydrogen-bond acceptors (Lipinski definition) is 10. The molecule has 2 heterocycles. The van der Waals surface area contributed by atoms with Crippen LogP contribution in [0.1, 0.15) is 55.3 Å². The molecule has 3 N–H and O–H groups in total. The number of rotatable bonds is 5. The standard InChI is InChI=1S/C13H13NO5.C12H10N2O3.CH4O.Ac/c1-7(10(15)13(18)19-2)14-11(16)8-5-3-4-6-9(8)12(14)17;1-7(10(15)6-13)14-11(16)8-4-2-3-5-9(8)12(14)17;1-2;/h3-7,10,15H,1-2H3;2-5,7,10,15H,1H3;2H,1H3;. The molecule has 0 saturated heterocycles. The van der Waals surface area contributed by atoms with E-state index in [1.807, 2.05) is 0 Å². The zero-order chi connectivity index (χ0) is 28.7. The van der Waals surface area contributed by atoms with Gasteiger partial charge in [-0.1, -0.05) is 24.3 Å². The maximum atomic E-state index is 12.1. The largest absolute Gasteiger partial charge is 0.467 e. The van der Waals surface area contributed by atoms with Crippen molar-refractivity contribution in [3.05, 3.63) is 70.8 Å². The van der Waals surface area contributed by atoms with Gasteiger partial charge < -0.3 is 20.1 Å². The number of hydrogen-bond donors (Lipinski definition) is 3. The minimum absolute atomic E-state index is 0. The number of aliphatic hydroxyl groups excluding tert-OH is 3. The minimum Gasteiger partial charge on any atom is -0.467 e. The predicted octanol–water partition coefficient (Wildman–Crippen LogP) is 0.369. The van der Waals surface area contributed by atoms with Gasteiger partial charge in [0.25, 0.3) is 23.6 Å². The van der Waals surface area contributed by atoms with E-state index in [4.69, 9.17) is 10.4 Å². The number of fused-ring (bicyclic) bond motifs is 2. The SMILES string of the molecule is CC(C(O)C#N)N1C(=O)c2ccccc2C1=O.CO.COC(=O)C(O)C(C)N1C(=O)c2ccccc2C1=O.[Ac]. The summed E-state index contributed by atoms with van der Waals surface area (Å²) < 4.78 is 4.40. The van der Waals surface area contributed by atoms with Gasteiger partial charge in [0.2, 0.25) is 0 Å². The number of imide groups is 2. The summed E-state index contributed by atoms with van der Waals surface area (Å²) in [5.74, 6) is -2.85. The van der Waals surface area contributed by atoms with Crippen LogP contribution in [0.25, 0.3) is 0 Å². The first-order valence-electron chi connectivity index (χ1n) is 11.3. The van der Waals surface area contributed by atoms with Crippen LogP contribution in [-0.2, 0) is 9.53 Å². The van der Waals surface area contributed by atoms with E-state index in [0.717, 1.165) is 24.0 Å². The molecule has 39 heavy (non-hydrogen) atoms. The summed E-state index contributed by atoms with van der Waals surface area (Å²) in [6.45, 7) is 2.89. The Bertz CT molecular complexity index is 1220. The topological polar surface area (TPSA) is 186 Å². The molecule has 1 radical (unpaired) electrons. The first-order chi connectivity index (χ1) is 18.1. The number of carbonyl (C=O) groups is 5. The average Bonchev–Trinajstić information content (AvgIpc) is 3.36. The number of aliphatic hydroxyl groups is 3. The Kier molecular flexibility index (Phi) is 13.1. The van der Waals surface area contributed by atoms with Gasteiger partial charge in [0.05, 0.1) is 47.5 Å². The summed E-state index contributed by atoms with van der Waals surface area (Å²) in [5.41, 5.74) is 1.18. The number of ether oxygens (including phenoxy) is 1. The van der Waals surface area contributed by atoms with Crippen LogP contribution in [0.3, 0.4) is 0 Å². The number of amides is 4. The molecule has 4 atom stereocenters. The Balaban J connectivity index is 0.000000360. The van der Waals surface area contributed by atoms with Gasteiger partial charge >= 0.3 is 5.97 Å². The molecule has 0 aromatic heterocycles. The second kappa shape index (κ2) is 15.0. The molecule has 4 amide bonds. The van der Waals surface area contributed by atoms with Crippen molar-refractivity contribution in [2.45, 2.75) is 38.1 Å². The maximum absolute atomic E-state index is 12.1. The van der Waals surface area contributed by atoms with Gasteiger partial charge in [0, 0.05) is 51.2 Å². The molecule has 0 aliphatic carbocycles. The van der Waals surface area contributed by atoms with Crippen LogP contribution in [-0.4, -0.2) is 93.2 Å². The summed E-state index contributed by atoms with van der Waals surface area (Å²) in [4.78, 5) is 61.2.